The second kappa shape index (κ2) is 3.65. The zero-order valence-electron chi connectivity index (χ0n) is 8.41. The number of nitrogens with one attached hydrogen (secondary N) is 1. The molecule has 3 N–H and O–H groups in total. The van der Waals surface area contributed by atoms with Crippen LogP contribution in [0.25, 0.3) is 10.9 Å². The van der Waals surface area contributed by atoms with Gasteiger partial charge in [0.1, 0.15) is 5.75 Å². The predicted octanol–water partition coefficient (Wildman–Crippen LogP) is 1.20. The fourth-order valence-electron chi connectivity index (χ4n) is 1.72. The van der Waals surface area contributed by atoms with Crippen LogP contribution in [0.4, 0.5) is 0 Å². The highest BCUT2D eigenvalue weighted by Crippen LogP contribution is 2.28. The lowest BCUT2D eigenvalue weighted by Gasteiger charge is -2.03. The molecule has 4 heteroatoms. The van der Waals surface area contributed by atoms with E-state index in [-0.39, 0.29) is 12.3 Å². The normalized spacial score (nSPS) is 10.5. The fraction of sp³-hybridized carbons (Fsp3) is 0.182. The maximum absolute atomic E-state index is 10.9. The first-order valence-corrected chi connectivity index (χ1v) is 4.63. The molecule has 0 aliphatic heterocycles. The molecule has 1 heterocycles. The number of carbonyl (C=O) groups is 1. The van der Waals surface area contributed by atoms with Crippen molar-refractivity contribution in [2.24, 2.45) is 5.73 Å². The summed E-state index contributed by atoms with van der Waals surface area (Å²) >= 11 is 0. The van der Waals surface area contributed by atoms with Crippen LogP contribution in [0.1, 0.15) is 5.56 Å². The molecule has 0 atom stereocenters. The standard InChI is InChI=1S/C11H12N2O2/c1-15-9-4-2-3-8-11(9)7(6-13-8)5-10(12)14/h2-4,6,13H,5H2,1H3,(H2,12,14). The minimum absolute atomic E-state index is 0.223. The number of aromatic amines is 1. The van der Waals surface area contributed by atoms with Crippen molar-refractivity contribution in [3.8, 4) is 5.75 Å². The molecule has 1 aromatic heterocycles. The van der Waals surface area contributed by atoms with Crippen molar-refractivity contribution in [1.82, 2.24) is 4.98 Å². The summed E-state index contributed by atoms with van der Waals surface area (Å²) in [6.45, 7) is 0. The largest absolute Gasteiger partial charge is 0.496 e. The number of hydrogen-bond donors (Lipinski definition) is 2. The second-order valence-electron chi connectivity index (χ2n) is 3.34. The molecular weight excluding hydrogens is 192 g/mol. The van der Waals surface area contributed by atoms with Crippen LogP contribution in [-0.4, -0.2) is 18.0 Å². The summed E-state index contributed by atoms with van der Waals surface area (Å²) in [5.74, 6) is 0.409. The predicted molar refractivity (Wildman–Crippen MR) is 57.7 cm³/mol. The van der Waals surface area contributed by atoms with Crippen LogP contribution in [0.15, 0.2) is 24.4 Å². The highest BCUT2D eigenvalue weighted by Gasteiger charge is 2.10. The van der Waals surface area contributed by atoms with E-state index >= 15 is 0 Å². The van der Waals surface area contributed by atoms with Gasteiger partial charge in [-0.15, -0.1) is 0 Å². The molecule has 2 aromatic rings. The number of aromatic nitrogens is 1. The van der Waals surface area contributed by atoms with E-state index in [1.54, 1.807) is 13.3 Å². The van der Waals surface area contributed by atoms with Crippen molar-refractivity contribution in [2.75, 3.05) is 7.11 Å². The van der Waals surface area contributed by atoms with Gasteiger partial charge in [0.2, 0.25) is 5.91 Å². The van der Waals surface area contributed by atoms with Gasteiger partial charge < -0.3 is 15.5 Å². The van der Waals surface area contributed by atoms with E-state index in [0.717, 1.165) is 22.2 Å². The van der Waals surface area contributed by atoms with E-state index in [9.17, 15) is 4.79 Å². The smallest absolute Gasteiger partial charge is 0.221 e. The number of ether oxygens (including phenoxy) is 1. The van der Waals surface area contributed by atoms with Crippen molar-refractivity contribution < 1.29 is 9.53 Å². The Morgan fingerprint density at radius 2 is 2.33 bits per heavy atom. The SMILES string of the molecule is COc1cccc2[nH]cc(CC(N)=O)c12. The molecule has 0 unspecified atom stereocenters. The van der Waals surface area contributed by atoms with Crippen molar-refractivity contribution in [3.05, 3.63) is 30.0 Å². The van der Waals surface area contributed by atoms with Crippen LogP contribution in [0.5, 0.6) is 5.75 Å². The second-order valence-corrected chi connectivity index (χ2v) is 3.34. The number of rotatable bonds is 3. The monoisotopic (exact) mass is 204 g/mol. The van der Waals surface area contributed by atoms with Crippen LogP contribution in [0, 0.1) is 0 Å². The Bertz CT molecular complexity index is 502. The molecule has 0 aliphatic rings. The zero-order valence-corrected chi connectivity index (χ0v) is 8.41. The van der Waals surface area contributed by atoms with Gasteiger partial charge in [-0.05, 0) is 17.7 Å². The number of benzene rings is 1. The highest BCUT2D eigenvalue weighted by molar-refractivity contribution is 5.92. The molecule has 0 bridgehead atoms. The zero-order chi connectivity index (χ0) is 10.8. The van der Waals surface area contributed by atoms with E-state index in [1.807, 2.05) is 18.2 Å². The first kappa shape index (κ1) is 9.58. The first-order chi connectivity index (χ1) is 7.22. The number of methoxy groups -OCH3 is 1. The van der Waals surface area contributed by atoms with Gasteiger partial charge in [-0.3, -0.25) is 4.79 Å². The molecule has 1 amide bonds. The Balaban J connectivity index is 2.60. The van der Waals surface area contributed by atoms with Crippen LogP contribution in [0.2, 0.25) is 0 Å². The molecule has 0 spiro atoms. The van der Waals surface area contributed by atoms with Gasteiger partial charge in [-0.1, -0.05) is 6.07 Å². The van der Waals surface area contributed by atoms with Crippen molar-refractivity contribution in [3.63, 3.8) is 0 Å². The number of fused-ring (bicyclic) bond motifs is 1. The molecule has 0 aliphatic carbocycles. The Labute approximate surface area is 87.0 Å². The van der Waals surface area contributed by atoms with Crippen molar-refractivity contribution >= 4 is 16.8 Å². The van der Waals surface area contributed by atoms with Crippen molar-refractivity contribution in [2.45, 2.75) is 6.42 Å². The number of H-pyrrole nitrogens is 1. The van der Waals surface area contributed by atoms with Gasteiger partial charge in [0, 0.05) is 17.1 Å². The molecule has 0 fully saturated rings. The van der Waals surface area contributed by atoms with Gasteiger partial charge >= 0.3 is 0 Å². The number of hydrogen-bond acceptors (Lipinski definition) is 2. The molecule has 0 saturated carbocycles. The summed E-state index contributed by atoms with van der Waals surface area (Å²) in [5.41, 5.74) is 6.99. The van der Waals surface area contributed by atoms with E-state index < -0.39 is 0 Å². The number of nitrogens with two attached hydrogens (primary N) is 1. The van der Waals surface area contributed by atoms with Gasteiger partial charge in [-0.2, -0.15) is 0 Å². The fourth-order valence-corrected chi connectivity index (χ4v) is 1.72. The van der Waals surface area contributed by atoms with E-state index in [0.29, 0.717) is 0 Å². The molecular formula is C11H12N2O2. The summed E-state index contributed by atoms with van der Waals surface area (Å²) in [4.78, 5) is 14.0. The summed E-state index contributed by atoms with van der Waals surface area (Å²) < 4.78 is 5.24. The molecule has 1 aromatic carbocycles. The van der Waals surface area contributed by atoms with Crippen LogP contribution in [0.3, 0.4) is 0 Å². The third kappa shape index (κ3) is 1.66. The Morgan fingerprint density at radius 1 is 1.53 bits per heavy atom. The lowest BCUT2D eigenvalue weighted by molar-refractivity contribution is -0.117. The number of amides is 1. The molecule has 0 radical (unpaired) electrons. The average Bonchev–Trinajstić information content (AvgIpc) is 2.61. The lowest BCUT2D eigenvalue weighted by atomic mass is 10.1. The Morgan fingerprint density at radius 3 is 3.00 bits per heavy atom. The van der Waals surface area contributed by atoms with E-state index in [2.05, 4.69) is 4.98 Å². The average molecular weight is 204 g/mol. The van der Waals surface area contributed by atoms with Crippen molar-refractivity contribution in [1.29, 1.82) is 0 Å². The molecule has 0 saturated heterocycles. The molecule has 15 heavy (non-hydrogen) atoms. The summed E-state index contributed by atoms with van der Waals surface area (Å²) in [7, 11) is 1.61. The van der Waals surface area contributed by atoms with Crippen LogP contribution >= 0.6 is 0 Å². The minimum atomic E-state index is -0.346. The maximum atomic E-state index is 10.9. The van der Waals surface area contributed by atoms with E-state index in [1.165, 1.54) is 0 Å². The summed E-state index contributed by atoms with van der Waals surface area (Å²) in [5, 5.41) is 0.929. The number of carbonyl (C=O) groups excluding carboxylic acids is 1. The first-order valence-electron chi connectivity index (χ1n) is 4.63. The molecule has 2 rings (SSSR count). The topological polar surface area (TPSA) is 68.1 Å². The number of primary amides is 1. The Kier molecular flexibility index (Phi) is 2.33. The summed E-state index contributed by atoms with van der Waals surface area (Å²) in [6.07, 6.45) is 2.01. The van der Waals surface area contributed by atoms with Gasteiger partial charge in [-0.25, -0.2) is 0 Å². The third-order valence-electron chi connectivity index (χ3n) is 2.33. The maximum Gasteiger partial charge on any atom is 0.221 e. The summed E-state index contributed by atoms with van der Waals surface area (Å²) in [6, 6.07) is 5.69. The quantitative estimate of drug-likeness (QED) is 0.788. The Hall–Kier alpha value is -1.97. The lowest BCUT2D eigenvalue weighted by Crippen LogP contribution is -2.13. The third-order valence-corrected chi connectivity index (χ3v) is 2.33. The van der Waals surface area contributed by atoms with Crippen LogP contribution in [-0.2, 0) is 11.2 Å². The van der Waals surface area contributed by atoms with Gasteiger partial charge in [0.05, 0.1) is 13.5 Å². The van der Waals surface area contributed by atoms with Crippen LogP contribution < -0.4 is 10.5 Å². The van der Waals surface area contributed by atoms with Gasteiger partial charge in [0.15, 0.2) is 0 Å². The van der Waals surface area contributed by atoms with E-state index in [4.69, 9.17) is 10.5 Å². The minimum Gasteiger partial charge on any atom is -0.496 e. The van der Waals surface area contributed by atoms with Gasteiger partial charge in [0.25, 0.3) is 0 Å². The molecule has 78 valence electrons. The molecule has 4 nitrogen and oxygen atoms in total. The highest BCUT2D eigenvalue weighted by atomic mass is 16.5.